The number of hydroxylamine groups is 1. The van der Waals surface area contributed by atoms with Gasteiger partial charge in [-0.05, 0) is 17.7 Å². The fourth-order valence-electron chi connectivity index (χ4n) is 0.592. The van der Waals surface area contributed by atoms with E-state index in [-0.39, 0.29) is 24.8 Å². The Morgan fingerprint density at radius 1 is 1.27 bits per heavy atom. The summed E-state index contributed by atoms with van der Waals surface area (Å²) in [5, 5.41) is 8.25. The Labute approximate surface area is 77.6 Å². The van der Waals surface area contributed by atoms with Crippen LogP contribution >= 0.6 is 24.8 Å². The second-order valence-electron chi connectivity index (χ2n) is 1.69. The lowest BCUT2D eigenvalue weighted by molar-refractivity contribution is 0.161. The van der Waals surface area contributed by atoms with Gasteiger partial charge in [0, 0.05) is 18.9 Å². The number of aromatic nitrogens is 1. The minimum absolute atomic E-state index is 0. The molecule has 0 saturated carbocycles. The van der Waals surface area contributed by atoms with Crippen LogP contribution in [0.3, 0.4) is 0 Å². The Hall–Kier alpha value is -0.350. The van der Waals surface area contributed by atoms with Gasteiger partial charge in [0.2, 0.25) is 0 Å². The second kappa shape index (κ2) is 7.75. The summed E-state index contributed by atoms with van der Waals surface area (Å²) in [5.74, 6) is 0. The van der Waals surface area contributed by atoms with E-state index in [9.17, 15) is 0 Å². The van der Waals surface area contributed by atoms with Gasteiger partial charge in [-0.3, -0.25) is 4.98 Å². The highest BCUT2D eigenvalue weighted by molar-refractivity contribution is 5.85. The van der Waals surface area contributed by atoms with E-state index < -0.39 is 0 Å². The van der Waals surface area contributed by atoms with Crippen molar-refractivity contribution in [2.45, 2.75) is 6.54 Å². The summed E-state index contributed by atoms with van der Waals surface area (Å²) in [6.45, 7) is 0.475. The van der Waals surface area contributed by atoms with E-state index in [2.05, 4.69) is 10.5 Å². The predicted octanol–water partition coefficient (Wildman–Crippen LogP) is 1.40. The van der Waals surface area contributed by atoms with Gasteiger partial charge in [0.15, 0.2) is 0 Å². The number of hydrogen-bond donors (Lipinski definition) is 2. The van der Waals surface area contributed by atoms with Crippen molar-refractivity contribution in [3.05, 3.63) is 30.1 Å². The van der Waals surface area contributed by atoms with Crippen LogP contribution in [0.5, 0.6) is 0 Å². The van der Waals surface area contributed by atoms with E-state index in [0.29, 0.717) is 6.54 Å². The van der Waals surface area contributed by atoms with Crippen LogP contribution in [0.2, 0.25) is 0 Å². The Kier molecular flexibility index (Phi) is 9.34. The van der Waals surface area contributed by atoms with E-state index in [1.165, 1.54) is 0 Å². The van der Waals surface area contributed by atoms with Gasteiger partial charge in [0.25, 0.3) is 0 Å². The molecule has 0 bridgehead atoms. The topological polar surface area (TPSA) is 45.1 Å². The molecule has 1 aromatic rings. The molecule has 1 aromatic heterocycles. The minimum Gasteiger partial charge on any atom is -0.316 e. The van der Waals surface area contributed by atoms with Crippen molar-refractivity contribution in [2.75, 3.05) is 0 Å². The molecule has 0 unspecified atom stereocenters. The highest BCUT2D eigenvalue weighted by atomic mass is 35.5. The summed E-state index contributed by atoms with van der Waals surface area (Å²) in [5.41, 5.74) is 3.08. The van der Waals surface area contributed by atoms with E-state index >= 15 is 0 Å². The number of hydrogen-bond acceptors (Lipinski definition) is 3. The molecule has 0 amide bonds. The summed E-state index contributed by atoms with van der Waals surface area (Å²) >= 11 is 0. The molecular formula is C6H10Cl2N2O. The van der Waals surface area contributed by atoms with Crippen LogP contribution in [-0.4, -0.2) is 10.2 Å². The maximum Gasteiger partial charge on any atom is 0.0459 e. The van der Waals surface area contributed by atoms with Gasteiger partial charge >= 0.3 is 0 Å². The quantitative estimate of drug-likeness (QED) is 0.704. The minimum atomic E-state index is 0. The maximum absolute atomic E-state index is 8.25. The number of halogens is 2. The third-order valence-corrected chi connectivity index (χ3v) is 1.03. The lowest BCUT2D eigenvalue weighted by atomic mass is 10.3. The van der Waals surface area contributed by atoms with Crippen LogP contribution < -0.4 is 5.48 Å². The Morgan fingerprint density at radius 3 is 2.27 bits per heavy atom. The third kappa shape index (κ3) is 4.98. The van der Waals surface area contributed by atoms with Crippen LogP contribution in [0.15, 0.2) is 24.5 Å². The molecule has 0 radical (unpaired) electrons. The molecule has 1 heterocycles. The predicted molar refractivity (Wildman–Crippen MR) is 47.4 cm³/mol. The summed E-state index contributed by atoms with van der Waals surface area (Å²) in [6.07, 6.45) is 3.37. The van der Waals surface area contributed by atoms with E-state index in [1.807, 2.05) is 12.1 Å². The fraction of sp³-hybridized carbons (Fsp3) is 0.167. The zero-order valence-corrected chi connectivity index (χ0v) is 7.36. The van der Waals surface area contributed by atoms with Crippen molar-refractivity contribution in [1.29, 1.82) is 0 Å². The van der Waals surface area contributed by atoms with Gasteiger partial charge in [-0.2, -0.15) is 0 Å². The first-order valence-electron chi connectivity index (χ1n) is 2.69. The maximum atomic E-state index is 8.25. The Bertz CT molecular complexity index is 171. The van der Waals surface area contributed by atoms with E-state index in [1.54, 1.807) is 12.4 Å². The van der Waals surface area contributed by atoms with Crippen LogP contribution in [-0.2, 0) is 6.54 Å². The van der Waals surface area contributed by atoms with Crippen LogP contribution in [0.4, 0.5) is 0 Å². The molecule has 0 saturated heterocycles. The lowest BCUT2D eigenvalue weighted by Gasteiger charge is -1.94. The summed E-state index contributed by atoms with van der Waals surface area (Å²) in [4.78, 5) is 3.82. The van der Waals surface area contributed by atoms with Crippen LogP contribution in [0.1, 0.15) is 5.56 Å². The number of nitrogens with one attached hydrogen (secondary N) is 1. The monoisotopic (exact) mass is 196 g/mol. The highest BCUT2D eigenvalue weighted by Gasteiger charge is 1.85. The van der Waals surface area contributed by atoms with Crippen molar-refractivity contribution in [3.8, 4) is 0 Å². The Balaban J connectivity index is 0. The van der Waals surface area contributed by atoms with E-state index in [4.69, 9.17) is 5.21 Å². The first-order valence-corrected chi connectivity index (χ1v) is 2.69. The van der Waals surface area contributed by atoms with Crippen molar-refractivity contribution in [2.24, 2.45) is 0 Å². The molecule has 0 aromatic carbocycles. The van der Waals surface area contributed by atoms with Crippen LogP contribution in [0.25, 0.3) is 0 Å². The molecule has 0 atom stereocenters. The van der Waals surface area contributed by atoms with Gasteiger partial charge in [-0.15, -0.1) is 24.8 Å². The molecule has 1 rings (SSSR count). The molecule has 0 aliphatic carbocycles. The van der Waals surface area contributed by atoms with Gasteiger partial charge < -0.3 is 5.21 Å². The molecule has 0 aliphatic heterocycles. The van der Waals surface area contributed by atoms with Gasteiger partial charge in [-0.25, -0.2) is 5.48 Å². The number of rotatable bonds is 2. The standard InChI is InChI=1S/C6H8N2O.2ClH/c9-8-5-6-1-3-7-4-2-6;;/h1-4,8-9H,5H2;2*1H. The zero-order valence-electron chi connectivity index (χ0n) is 5.73. The molecular weight excluding hydrogens is 187 g/mol. The van der Waals surface area contributed by atoms with E-state index in [0.717, 1.165) is 5.56 Å². The molecule has 2 N–H and O–H groups in total. The van der Waals surface area contributed by atoms with Crippen molar-refractivity contribution < 1.29 is 5.21 Å². The molecule has 11 heavy (non-hydrogen) atoms. The molecule has 64 valence electrons. The fourth-order valence-corrected chi connectivity index (χ4v) is 0.592. The molecule has 0 spiro atoms. The second-order valence-corrected chi connectivity index (χ2v) is 1.69. The van der Waals surface area contributed by atoms with Crippen molar-refractivity contribution >= 4 is 24.8 Å². The van der Waals surface area contributed by atoms with Crippen molar-refractivity contribution in [3.63, 3.8) is 0 Å². The summed E-state index contributed by atoms with van der Waals surface area (Å²) in [7, 11) is 0. The number of nitrogens with zero attached hydrogens (tertiary/aromatic N) is 1. The van der Waals surface area contributed by atoms with Gasteiger partial charge in [-0.1, -0.05) is 0 Å². The lowest BCUT2D eigenvalue weighted by Crippen LogP contribution is -2.05. The Morgan fingerprint density at radius 2 is 1.82 bits per heavy atom. The molecule has 0 fully saturated rings. The van der Waals surface area contributed by atoms with Crippen molar-refractivity contribution in [1.82, 2.24) is 10.5 Å². The smallest absolute Gasteiger partial charge is 0.0459 e. The average Bonchev–Trinajstić information content (AvgIpc) is 1.91. The third-order valence-electron chi connectivity index (χ3n) is 1.03. The summed E-state index contributed by atoms with van der Waals surface area (Å²) in [6, 6.07) is 3.67. The molecule has 5 heteroatoms. The summed E-state index contributed by atoms with van der Waals surface area (Å²) < 4.78 is 0. The normalized spacial score (nSPS) is 7.73. The number of pyridine rings is 1. The first kappa shape index (κ1) is 13.3. The molecule has 0 aliphatic rings. The first-order chi connectivity index (χ1) is 4.43. The van der Waals surface area contributed by atoms with Gasteiger partial charge in [0.05, 0.1) is 0 Å². The van der Waals surface area contributed by atoms with Gasteiger partial charge in [0.1, 0.15) is 0 Å². The largest absolute Gasteiger partial charge is 0.316 e. The highest BCUT2D eigenvalue weighted by Crippen LogP contribution is 1.92. The molecule has 3 nitrogen and oxygen atoms in total. The van der Waals surface area contributed by atoms with Crippen LogP contribution in [0, 0.1) is 0 Å². The zero-order chi connectivity index (χ0) is 6.53. The average molecular weight is 197 g/mol. The SMILES string of the molecule is Cl.Cl.ONCc1ccncc1.